The minimum Gasteiger partial charge on any atom is -0.462 e. The molecule has 0 fully saturated rings. The second-order valence-corrected chi connectivity index (χ2v) is 7.43. The van der Waals surface area contributed by atoms with Crippen LogP contribution in [0, 0.1) is 26.7 Å². The van der Waals surface area contributed by atoms with Gasteiger partial charge >= 0.3 is 5.97 Å². The van der Waals surface area contributed by atoms with E-state index in [-0.39, 0.29) is 18.4 Å². The summed E-state index contributed by atoms with van der Waals surface area (Å²) in [4.78, 5) is 40.1. The monoisotopic (exact) mass is 399 g/mol. The van der Waals surface area contributed by atoms with Gasteiger partial charge in [0, 0.05) is 23.5 Å². The van der Waals surface area contributed by atoms with E-state index in [1.54, 1.807) is 39.0 Å². The molecule has 0 spiro atoms. The second kappa shape index (κ2) is 9.41. The number of hydrogen-bond donors (Lipinski definition) is 3. The van der Waals surface area contributed by atoms with E-state index in [1.165, 1.54) is 0 Å². The van der Waals surface area contributed by atoms with Crippen molar-refractivity contribution >= 4 is 23.5 Å². The Morgan fingerprint density at radius 1 is 1.10 bits per heavy atom. The third-order valence-electron chi connectivity index (χ3n) is 4.55. The van der Waals surface area contributed by atoms with Crippen LogP contribution in [0.5, 0.6) is 0 Å². The van der Waals surface area contributed by atoms with E-state index in [2.05, 4.69) is 15.6 Å². The number of carbonyl (C=O) groups excluding carboxylic acids is 3. The SMILES string of the molecule is CCOC(=O)c1c(C)[nH]c(C(=O)Nc2ccc(C(=O)NCC(C)C)cc2C)c1C. The van der Waals surface area contributed by atoms with E-state index in [0.29, 0.717) is 46.2 Å². The Bertz CT molecular complexity index is 928. The van der Waals surface area contributed by atoms with Crippen molar-refractivity contribution in [3.8, 4) is 0 Å². The van der Waals surface area contributed by atoms with Crippen LogP contribution in [0.3, 0.4) is 0 Å². The first kappa shape index (κ1) is 22.2. The van der Waals surface area contributed by atoms with E-state index >= 15 is 0 Å². The summed E-state index contributed by atoms with van der Waals surface area (Å²) in [5.41, 5.74) is 3.72. The zero-order valence-corrected chi connectivity index (χ0v) is 17.9. The van der Waals surface area contributed by atoms with Gasteiger partial charge in [-0.1, -0.05) is 13.8 Å². The number of aryl methyl sites for hydroxylation is 2. The Hall–Kier alpha value is -3.09. The molecule has 0 saturated carbocycles. The topological polar surface area (TPSA) is 100 Å². The molecule has 2 amide bonds. The van der Waals surface area contributed by atoms with Gasteiger partial charge in [0.15, 0.2) is 0 Å². The van der Waals surface area contributed by atoms with E-state index in [9.17, 15) is 14.4 Å². The van der Waals surface area contributed by atoms with Crippen LogP contribution >= 0.6 is 0 Å². The highest BCUT2D eigenvalue weighted by Gasteiger charge is 2.23. The van der Waals surface area contributed by atoms with E-state index in [1.807, 2.05) is 20.8 Å². The standard InChI is InChI=1S/C22H29N3O4/c1-7-29-22(28)18-14(5)19(24-15(18)6)21(27)25-17-9-8-16(10-13(17)4)20(26)23-11-12(2)3/h8-10,12,24H,7,11H2,1-6H3,(H,23,26)(H,25,27). The molecule has 1 heterocycles. The van der Waals surface area contributed by atoms with Crippen molar-refractivity contribution in [3.63, 3.8) is 0 Å². The Morgan fingerprint density at radius 3 is 2.38 bits per heavy atom. The average Bonchev–Trinajstić information content (AvgIpc) is 2.95. The first-order chi connectivity index (χ1) is 13.6. The summed E-state index contributed by atoms with van der Waals surface area (Å²) >= 11 is 0. The van der Waals surface area contributed by atoms with Crippen molar-refractivity contribution in [2.45, 2.75) is 41.5 Å². The molecule has 156 valence electrons. The predicted molar refractivity (Wildman–Crippen MR) is 113 cm³/mol. The maximum absolute atomic E-state index is 12.8. The highest BCUT2D eigenvalue weighted by molar-refractivity contribution is 6.07. The fourth-order valence-electron chi connectivity index (χ4n) is 3.02. The second-order valence-electron chi connectivity index (χ2n) is 7.43. The molecule has 0 saturated heterocycles. The first-order valence-corrected chi connectivity index (χ1v) is 9.72. The zero-order valence-electron chi connectivity index (χ0n) is 17.9. The summed E-state index contributed by atoms with van der Waals surface area (Å²) in [6, 6.07) is 5.12. The van der Waals surface area contributed by atoms with E-state index in [0.717, 1.165) is 5.56 Å². The minimum atomic E-state index is -0.453. The molecule has 7 nitrogen and oxygen atoms in total. The number of H-pyrrole nitrogens is 1. The summed E-state index contributed by atoms with van der Waals surface area (Å²) in [5, 5.41) is 5.72. The van der Waals surface area contributed by atoms with Gasteiger partial charge in [0.1, 0.15) is 5.69 Å². The van der Waals surface area contributed by atoms with Crippen LogP contribution in [0.1, 0.15) is 68.8 Å². The molecule has 1 aromatic heterocycles. The van der Waals surface area contributed by atoms with Crippen molar-refractivity contribution in [3.05, 3.63) is 51.8 Å². The quantitative estimate of drug-likeness (QED) is 0.617. The number of amides is 2. The maximum Gasteiger partial charge on any atom is 0.340 e. The van der Waals surface area contributed by atoms with E-state index < -0.39 is 5.97 Å². The number of carbonyl (C=O) groups is 3. The first-order valence-electron chi connectivity index (χ1n) is 9.72. The molecule has 0 aliphatic heterocycles. The number of ether oxygens (including phenoxy) is 1. The van der Waals surface area contributed by atoms with Crippen molar-refractivity contribution in [2.24, 2.45) is 5.92 Å². The molecule has 0 aliphatic rings. The Morgan fingerprint density at radius 2 is 1.79 bits per heavy atom. The van der Waals surface area contributed by atoms with Crippen LogP contribution < -0.4 is 10.6 Å². The van der Waals surface area contributed by atoms with Crippen LogP contribution in [-0.2, 0) is 4.74 Å². The largest absolute Gasteiger partial charge is 0.462 e. The lowest BCUT2D eigenvalue weighted by Crippen LogP contribution is -2.27. The lowest BCUT2D eigenvalue weighted by molar-refractivity contribution is 0.0524. The van der Waals surface area contributed by atoms with Gasteiger partial charge in [-0.15, -0.1) is 0 Å². The number of aromatic amines is 1. The van der Waals surface area contributed by atoms with Gasteiger partial charge in [-0.25, -0.2) is 4.79 Å². The fraction of sp³-hybridized carbons (Fsp3) is 0.409. The molecule has 3 N–H and O–H groups in total. The van der Waals surface area contributed by atoms with Crippen molar-refractivity contribution in [1.29, 1.82) is 0 Å². The summed E-state index contributed by atoms with van der Waals surface area (Å²) in [6.45, 7) is 11.9. The summed E-state index contributed by atoms with van der Waals surface area (Å²) in [7, 11) is 0. The van der Waals surface area contributed by atoms with Crippen LogP contribution in [0.15, 0.2) is 18.2 Å². The molecule has 2 rings (SSSR count). The Kier molecular flexibility index (Phi) is 7.20. The highest BCUT2D eigenvalue weighted by Crippen LogP contribution is 2.22. The van der Waals surface area contributed by atoms with Gasteiger partial charge in [-0.05, 0) is 62.9 Å². The maximum atomic E-state index is 12.8. The lowest BCUT2D eigenvalue weighted by atomic mass is 10.1. The lowest BCUT2D eigenvalue weighted by Gasteiger charge is -2.11. The van der Waals surface area contributed by atoms with Gasteiger partial charge < -0.3 is 20.4 Å². The number of esters is 1. The molecule has 0 radical (unpaired) electrons. The molecule has 2 aromatic rings. The van der Waals surface area contributed by atoms with Crippen molar-refractivity contribution < 1.29 is 19.1 Å². The average molecular weight is 399 g/mol. The zero-order chi connectivity index (χ0) is 21.7. The smallest absolute Gasteiger partial charge is 0.340 e. The highest BCUT2D eigenvalue weighted by atomic mass is 16.5. The van der Waals surface area contributed by atoms with Gasteiger partial charge in [-0.2, -0.15) is 0 Å². The third-order valence-corrected chi connectivity index (χ3v) is 4.55. The number of benzene rings is 1. The van der Waals surface area contributed by atoms with Crippen LogP contribution in [-0.4, -0.2) is 35.9 Å². The van der Waals surface area contributed by atoms with Crippen molar-refractivity contribution in [2.75, 3.05) is 18.5 Å². The number of rotatable bonds is 7. The van der Waals surface area contributed by atoms with Gasteiger partial charge in [0.25, 0.3) is 11.8 Å². The summed E-state index contributed by atoms with van der Waals surface area (Å²) in [6.07, 6.45) is 0. The molecular weight excluding hydrogens is 370 g/mol. The van der Waals surface area contributed by atoms with Crippen molar-refractivity contribution in [1.82, 2.24) is 10.3 Å². The molecule has 0 bridgehead atoms. The fourth-order valence-corrected chi connectivity index (χ4v) is 3.02. The molecule has 7 heteroatoms. The molecular formula is C22H29N3O4. The number of hydrogen-bond acceptors (Lipinski definition) is 4. The molecule has 1 aromatic carbocycles. The predicted octanol–water partition coefficient (Wildman–Crippen LogP) is 3.75. The van der Waals surface area contributed by atoms with Crippen LogP contribution in [0.25, 0.3) is 0 Å². The Labute approximate surface area is 171 Å². The summed E-state index contributed by atoms with van der Waals surface area (Å²) in [5.74, 6) is -0.591. The van der Waals surface area contributed by atoms with E-state index in [4.69, 9.17) is 4.74 Å². The third kappa shape index (κ3) is 5.25. The minimum absolute atomic E-state index is 0.144. The molecule has 0 atom stereocenters. The molecule has 0 aliphatic carbocycles. The molecule has 29 heavy (non-hydrogen) atoms. The number of anilines is 1. The van der Waals surface area contributed by atoms with Crippen LogP contribution in [0.2, 0.25) is 0 Å². The van der Waals surface area contributed by atoms with Crippen LogP contribution in [0.4, 0.5) is 5.69 Å². The Balaban J connectivity index is 2.18. The molecule has 0 unspecified atom stereocenters. The normalized spacial score (nSPS) is 10.7. The number of nitrogens with one attached hydrogen (secondary N) is 3. The summed E-state index contributed by atoms with van der Waals surface area (Å²) < 4.78 is 5.06. The van der Waals surface area contributed by atoms with Gasteiger partial charge in [0.05, 0.1) is 12.2 Å². The number of aromatic nitrogens is 1. The van der Waals surface area contributed by atoms with Gasteiger partial charge in [0.2, 0.25) is 0 Å². The van der Waals surface area contributed by atoms with Gasteiger partial charge in [-0.3, -0.25) is 9.59 Å².